The van der Waals surface area contributed by atoms with Crippen molar-refractivity contribution in [1.29, 1.82) is 0 Å². The van der Waals surface area contributed by atoms with Gasteiger partial charge in [0, 0.05) is 11.8 Å². The molecular weight excluding hydrogens is 384 g/mol. The van der Waals surface area contributed by atoms with Crippen LogP contribution in [0.25, 0.3) is 17.0 Å². The van der Waals surface area contributed by atoms with Crippen LogP contribution in [0.3, 0.4) is 0 Å². The number of hydrogen-bond donors (Lipinski definition) is 0. The molecule has 0 radical (unpaired) electrons. The summed E-state index contributed by atoms with van der Waals surface area (Å²) in [6.07, 6.45) is -1.99. The minimum absolute atomic E-state index is 0.248. The Kier molecular flexibility index (Phi) is 4.34. The smallest absolute Gasteiger partial charge is 0.417 e. The molecule has 0 amide bonds. The molecule has 10 heteroatoms. The Morgan fingerprint density at radius 3 is 2.56 bits per heavy atom. The van der Waals surface area contributed by atoms with E-state index in [0.717, 1.165) is 24.0 Å². The number of hydrogen-bond acceptors (Lipinski definition) is 5. The highest BCUT2D eigenvalue weighted by molar-refractivity contribution is 7.98. The van der Waals surface area contributed by atoms with Gasteiger partial charge in [-0.25, -0.2) is 9.37 Å². The third-order valence-electron chi connectivity index (χ3n) is 3.71. The number of oxazole rings is 1. The maximum atomic E-state index is 13.0. The van der Waals surface area contributed by atoms with Gasteiger partial charge < -0.3 is 4.42 Å². The molecule has 138 valence electrons. The molecule has 0 unspecified atom stereocenters. The fourth-order valence-electron chi connectivity index (χ4n) is 2.39. The summed E-state index contributed by atoms with van der Waals surface area (Å²) in [6, 6.07) is 7.98. The van der Waals surface area contributed by atoms with Gasteiger partial charge in [0.25, 0.3) is 0 Å². The maximum Gasteiger partial charge on any atom is 0.417 e. The van der Waals surface area contributed by atoms with Crippen molar-refractivity contribution >= 4 is 17.4 Å². The van der Waals surface area contributed by atoms with Gasteiger partial charge in [0.1, 0.15) is 5.82 Å². The van der Waals surface area contributed by atoms with Crippen molar-refractivity contribution in [2.24, 2.45) is 0 Å². The minimum atomic E-state index is -4.45. The van der Waals surface area contributed by atoms with Crippen molar-refractivity contribution in [3.63, 3.8) is 0 Å². The lowest BCUT2D eigenvalue weighted by molar-refractivity contribution is -0.137. The Hall–Kier alpha value is -2.88. The summed E-state index contributed by atoms with van der Waals surface area (Å²) < 4.78 is 58.5. The van der Waals surface area contributed by atoms with Gasteiger partial charge in [-0.1, -0.05) is 11.8 Å². The number of rotatable bonds is 4. The largest absolute Gasteiger partial charge is 0.440 e. The van der Waals surface area contributed by atoms with E-state index in [2.05, 4.69) is 15.2 Å². The molecule has 3 heterocycles. The van der Waals surface area contributed by atoms with Crippen LogP contribution in [-0.2, 0) is 11.9 Å². The number of pyridine rings is 1. The van der Waals surface area contributed by atoms with Gasteiger partial charge >= 0.3 is 6.18 Å². The monoisotopic (exact) mass is 394 g/mol. The lowest BCUT2D eigenvalue weighted by Gasteiger charge is -2.07. The molecule has 0 fully saturated rings. The predicted molar refractivity (Wildman–Crippen MR) is 89.4 cm³/mol. The molecular formula is C17H10F4N4OS. The molecule has 0 atom stereocenters. The molecule has 0 bridgehead atoms. The molecule has 1 aromatic carbocycles. The van der Waals surface area contributed by atoms with Gasteiger partial charge in [0.05, 0.1) is 17.5 Å². The van der Waals surface area contributed by atoms with Crippen LogP contribution >= 0.6 is 11.8 Å². The second-order valence-corrected chi connectivity index (χ2v) is 6.48. The van der Waals surface area contributed by atoms with Crippen molar-refractivity contribution in [2.75, 3.05) is 0 Å². The molecule has 0 aliphatic heterocycles. The van der Waals surface area contributed by atoms with Gasteiger partial charge in [-0.05, 0) is 36.4 Å². The Bertz CT molecular complexity index is 1090. The van der Waals surface area contributed by atoms with E-state index in [9.17, 15) is 17.6 Å². The van der Waals surface area contributed by atoms with E-state index in [0.29, 0.717) is 22.9 Å². The van der Waals surface area contributed by atoms with Crippen LogP contribution in [0.15, 0.2) is 58.4 Å². The van der Waals surface area contributed by atoms with Gasteiger partial charge in [0.2, 0.25) is 5.89 Å². The van der Waals surface area contributed by atoms with Crippen LogP contribution in [0.5, 0.6) is 0 Å². The predicted octanol–water partition coefficient (Wildman–Crippen LogP) is 4.83. The van der Waals surface area contributed by atoms with Crippen LogP contribution in [0.2, 0.25) is 0 Å². The Balaban J connectivity index is 1.53. The minimum Gasteiger partial charge on any atom is -0.440 e. The van der Waals surface area contributed by atoms with E-state index in [4.69, 9.17) is 4.42 Å². The van der Waals surface area contributed by atoms with Gasteiger partial charge in [0.15, 0.2) is 16.6 Å². The highest BCUT2D eigenvalue weighted by atomic mass is 32.2. The highest BCUT2D eigenvalue weighted by Crippen LogP contribution is 2.31. The SMILES string of the molecule is Fc1ccc(-c2cnc(CSc3nnc4ccc(C(F)(F)F)cn34)o2)cc1. The summed E-state index contributed by atoms with van der Waals surface area (Å²) in [5, 5.41) is 8.05. The summed E-state index contributed by atoms with van der Waals surface area (Å²) in [6.45, 7) is 0. The van der Waals surface area contributed by atoms with Crippen molar-refractivity contribution in [2.45, 2.75) is 17.1 Å². The topological polar surface area (TPSA) is 56.2 Å². The summed E-state index contributed by atoms with van der Waals surface area (Å²) in [5.41, 5.74) is 0.194. The normalized spacial score (nSPS) is 12.0. The van der Waals surface area contributed by atoms with E-state index in [-0.39, 0.29) is 16.7 Å². The zero-order valence-corrected chi connectivity index (χ0v) is 14.3. The number of benzene rings is 1. The van der Waals surface area contributed by atoms with Crippen LogP contribution < -0.4 is 0 Å². The van der Waals surface area contributed by atoms with Gasteiger partial charge in [-0.3, -0.25) is 4.40 Å². The third-order valence-corrected chi connectivity index (χ3v) is 4.63. The second kappa shape index (κ2) is 6.69. The molecule has 0 aliphatic rings. The van der Waals surface area contributed by atoms with Crippen LogP contribution in [0, 0.1) is 5.82 Å². The summed E-state index contributed by atoms with van der Waals surface area (Å²) in [4.78, 5) is 4.13. The lowest BCUT2D eigenvalue weighted by Crippen LogP contribution is -2.06. The molecule has 0 spiro atoms. The molecule has 0 saturated heterocycles. The van der Waals surface area contributed by atoms with E-state index in [1.165, 1.54) is 28.8 Å². The average molecular weight is 394 g/mol. The molecule has 4 aromatic rings. The number of halogens is 4. The molecule has 4 rings (SSSR count). The summed E-state index contributed by atoms with van der Waals surface area (Å²) >= 11 is 1.15. The zero-order valence-electron chi connectivity index (χ0n) is 13.4. The Labute approximate surface area is 154 Å². The first-order chi connectivity index (χ1) is 12.9. The fourth-order valence-corrected chi connectivity index (χ4v) is 3.16. The second-order valence-electron chi connectivity index (χ2n) is 5.54. The quantitative estimate of drug-likeness (QED) is 0.366. The highest BCUT2D eigenvalue weighted by Gasteiger charge is 2.31. The maximum absolute atomic E-state index is 13.0. The van der Waals surface area contributed by atoms with Crippen LogP contribution in [0.4, 0.5) is 17.6 Å². The molecule has 0 N–H and O–H groups in total. The average Bonchev–Trinajstić information content (AvgIpc) is 3.26. The van der Waals surface area contributed by atoms with Crippen molar-refractivity contribution in [1.82, 2.24) is 19.6 Å². The first-order valence-electron chi connectivity index (χ1n) is 7.65. The first kappa shape index (κ1) is 17.5. The van der Waals surface area contributed by atoms with Crippen LogP contribution in [-0.4, -0.2) is 19.6 Å². The number of fused-ring (bicyclic) bond motifs is 1. The number of aromatic nitrogens is 4. The van der Waals surface area contributed by atoms with E-state index in [1.807, 2.05) is 0 Å². The Morgan fingerprint density at radius 1 is 1.04 bits per heavy atom. The number of thioether (sulfide) groups is 1. The molecule has 0 aliphatic carbocycles. The van der Waals surface area contributed by atoms with E-state index in [1.54, 1.807) is 12.1 Å². The van der Waals surface area contributed by atoms with Crippen molar-refractivity contribution in [3.8, 4) is 11.3 Å². The number of alkyl halides is 3. The third kappa shape index (κ3) is 3.65. The van der Waals surface area contributed by atoms with Crippen molar-refractivity contribution in [3.05, 3.63) is 66.1 Å². The first-order valence-corrected chi connectivity index (χ1v) is 8.64. The van der Waals surface area contributed by atoms with Crippen molar-refractivity contribution < 1.29 is 22.0 Å². The fraction of sp³-hybridized carbons (Fsp3) is 0.118. The van der Waals surface area contributed by atoms with E-state index < -0.39 is 11.7 Å². The summed E-state index contributed by atoms with van der Waals surface area (Å²) in [7, 11) is 0. The van der Waals surface area contributed by atoms with E-state index >= 15 is 0 Å². The Morgan fingerprint density at radius 2 is 1.81 bits per heavy atom. The summed E-state index contributed by atoms with van der Waals surface area (Å²) in [5.74, 6) is 0.725. The molecule has 0 saturated carbocycles. The molecule has 3 aromatic heterocycles. The zero-order chi connectivity index (χ0) is 19.0. The van der Waals surface area contributed by atoms with Gasteiger partial charge in [-0.2, -0.15) is 13.2 Å². The van der Waals surface area contributed by atoms with Gasteiger partial charge in [-0.15, -0.1) is 10.2 Å². The molecule has 5 nitrogen and oxygen atoms in total. The number of nitrogens with zero attached hydrogens (tertiary/aromatic N) is 4. The molecule has 27 heavy (non-hydrogen) atoms. The standard InChI is InChI=1S/C17H10F4N4OS/c18-12-4-1-10(2-5-12)13-7-22-15(26-13)9-27-16-24-23-14-6-3-11(8-25(14)16)17(19,20)21/h1-8H,9H2. The van der Waals surface area contributed by atoms with Crippen LogP contribution in [0.1, 0.15) is 11.5 Å². The lowest BCUT2D eigenvalue weighted by atomic mass is 10.2.